The van der Waals surface area contributed by atoms with Crippen molar-refractivity contribution in [3.05, 3.63) is 47.3 Å². The van der Waals surface area contributed by atoms with Gasteiger partial charge >= 0.3 is 6.18 Å². The van der Waals surface area contributed by atoms with Crippen LogP contribution in [0.3, 0.4) is 0 Å². The highest BCUT2D eigenvalue weighted by atomic mass is 19.4. The Morgan fingerprint density at radius 1 is 1.17 bits per heavy atom. The van der Waals surface area contributed by atoms with Crippen LogP contribution in [0.1, 0.15) is 53.2 Å². The first kappa shape index (κ1) is 19.9. The molecule has 1 aromatic carbocycles. The minimum atomic E-state index is -4.42. The van der Waals surface area contributed by atoms with Gasteiger partial charge in [0.05, 0.1) is 28.7 Å². The Kier molecular flexibility index (Phi) is 5.14. The van der Waals surface area contributed by atoms with Crippen molar-refractivity contribution in [2.45, 2.75) is 43.8 Å². The number of carbonyl (C=O) groups excluding carboxylic acids is 1. The average Bonchev–Trinajstić information content (AvgIpc) is 3.44. The number of hydrogen-bond donors (Lipinski definition) is 0. The van der Waals surface area contributed by atoms with Crippen molar-refractivity contribution in [2.24, 2.45) is 0 Å². The summed E-state index contributed by atoms with van der Waals surface area (Å²) >= 11 is 0. The van der Waals surface area contributed by atoms with E-state index in [0.29, 0.717) is 11.3 Å². The molecule has 1 saturated heterocycles. The zero-order valence-electron chi connectivity index (χ0n) is 16.6. The van der Waals surface area contributed by atoms with Gasteiger partial charge < -0.3 is 9.80 Å². The highest BCUT2D eigenvalue weighted by Crippen LogP contribution is 2.43. The molecule has 0 unspecified atom stereocenters. The van der Waals surface area contributed by atoms with Crippen LogP contribution >= 0.6 is 0 Å². The highest BCUT2D eigenvalue weighted by molar-refractivity contribution is 5.95. The van der Waals surface area contributed by atoms with Crippen molar-refractivity contribution in [1.82, 2.24) is 19.6 Å². The quantitative estimate of drug-likeness (QED) is 0.773. The van der Waals surface area contributed by atoms with Crippen LogP contribution in [0.2, 0.25) is 0 Å². The number of halogens is 3. The summed E-state index contributed by atoms with van der Waals surface area (Å²) in [7, 11) is 3.89. The van der Waals surface area contributed by atoms with E-state index < -0.39 is 11.7 Å². The molecule has 156 valence electrons. The summed E-state index contributed by atoms with van der Waals surface area (Å²) in [6.45, 7) is 1.89. The number of piperidine rings is 1. The normalized spacial score (nSPS) is 18.8. The van der Waals surface area contributed by atoms with Gasteiger partial charge in [0.1, 0.15) is 0 Å². The van der Waals surface area contributed by atoms with E-state index in [1.165, 1.54) is 16.9 Å². The van der Waals surface area contributed by atoms with E-state index in [0.717, 1.165) is 56.6 Å². The van der Waals surface area contributed by atoms with E-state index in [2.05, 4.69) is 17.0 Å². The van der Waals surface area contributed by atoms with Gasteiger partial charge in [-0.05, 0) is 64.0 Å². The van der Waals surface area contributed by atoms with Gasteiger partial charge in [-0.25, -0.2) is 4.68 Å². The smallest absolute Gasteiger partial charge is 0.339 e. The molecular formula is C21H25F3N4O. The largest absolute Gasteiger partial charge is 0.416 e. The predicted octanol–water partition coefficient (Wildman–Crippen LogP) is 3.93. The number of alkyl halides is 3. The Bertz CT molecular complexity index is 896. The van der Waals surface area contributed by atoms with E-state index in [4.69, 9.17) is 0 Å². The molecule has 1 aliphatic carbocycles. The molecule has 2 aromatic rings. The Morgan fingerprint density at radius 3 is 2.48 bits per heavy atom. The van der Waals surface area contributed by atoms with Gasteiger partial charge in [0, 0.05) is 19.0 Å². The minimum absolute atomic E-state index is 0.0975. The summed E-state index contributed by atoms with van der Waals surface area (Å²) < 4.78 is 40.9. The maximum atomic E-state index is 13.2. The summed E-state index contributed by atoms with van der Waals surface area (Å²) in [5, 5.41) is 4.33. The Labute approximate surface area is 168 Å². The molecule has 2 fully saturated rings. The number of carbonyl (C=O) groups is 1. The summed E-state index contributed by atoms with van der Waals surface area (Å²) in [5.74, 6) is 0.0663. The van der Waals surface area contributed by atoms with Crippen LogP contribution < -0.4 is 0 Å². The number of likely N-dealkylation sites (tertiary alicyclic amines) is 1. The van der Waals surface area contributed by atoms with Crippen LogP contribution in [0.25, 0.3) is 5.69 Å². The molecule has 0 N–H and O–H groups in total. The Morgan fingerprint density at radius 2 is 1.86 bits per heavy atom. The summed E-state index contributed by atoms with van der Waals surface area (Å²) in [6, 6.07) is 5.28. The molecule has 1 aliphatic heterocycles. The molecular weight excluding hydrogens is 381 g/mol. The summed E-state index contributed by atoms with van der Waals surface area (Å²) in [5.41, 5.74) is 0.853. The fourth-order valence-electron chi connectivity index (χ4n) is 4.03. The van der Waals surface area contributed by atoms with Crippen LogP contribution in [0.4, 0.5) is 13.2 Å². The lowest BCUT2D eigenvalue weighted by Crippen LogP contribution is -2.44. The molecule has 5 nitrogen and oxygen atoms in total. The first-order valence-electron chi connectivity index (χ1n) is 9.97. The Hall–Kier alpha value is -2.35. The lowest BCUT2D eigenvalue weighted by Gasteiger charge is -2.35. The van der Waals surface area contributed by atoms with Crippen molar-refractivity contribution in [2.75, 3.05) is 27.2 Å². The van der Waals surface area contributed by atoms with Crippen molar-refractivity contribution in [1.29, 1.82) is 0 Å². The third-order valence-corrected chi connectivity index (χ3v) is 5.98. The molecule has 0 bridgehead atoms. The lowest BCUT2D eigenvalue weighted by molar-refractivity contribution is -0.137. The van der Waals surface area contributed by atoms with Gasteiger partial charge in [0.25, 0.3) is 5.91 Å². The zero-order valence-corrected chi connectivity index (χ0v) is 16.6. The van der Waals surface area contributed by atoms with E-state index in [1.54, 1.807) is 11.0 Å². The van der Waals surface area contributed by atoms with Gasteiger partial charge in [0.15, 0.2) is 0 Å². The van der Waals surface area contributed by atoms with Crippen LogP contribution in [-0.4, -0.2) is 58.7 Å². The first-order chi connectivity index (χ1) is 13.8. The SMILES string of the molecule is CN1CCC(N(C)C(=O)c2cnn(-c3cccc(C(F)(F)F)c3)c2C2CC2)CC1. The van der Waals surface area contributed by atoms with Gasteiger partial charge in [0.2, 0.25) is 0 Å². The Balaban J connectivity index is 1.65. The summed E-state index contributed by atoms with van der Waals surface area (Å²) in [6.07, 6.45) is 0.766. The minimum Gasteiger partial charge on any atom is -0.339 e. The number of aromatic nitrogens is 2. The topological polar surface area (TPSA) is 41.4 Å². The van der Waals surface area contributed by atoms with Crippen LogP contribution in [0.15, 0.2) is 30.5 Å². The fraction of sp³-hybridized carbons (Fsp3) is 0.524. The lowest BCUT2D eigenvalue weighted by atomic mass is 10.0. The molecule has 4 rings (SSSR count). The maximum Gasteiger partial charge on any atom is 0.416 e. The zero-order chi connectivity index (χ0) is 20.8. The molecule has 0 spiro atoms. The second-order valence-corrected chi connectivity index (χ2v) is 8.13. The van der Waals surface area contributed by atoms with Gasteiger partial charge in [-0.3, -0.25) is 4.79 Å². The second kappa shape index (κ2) is 7.48. The number of hydrogen-bond acceptors (Lipinski definition) is 3. The van der Waals surface area contributed by atoms with Crippen LogP contribution in [0.5, 0.6) is 0 Å². The molecule has 0 radical (unpaired) electrons. The molecule has 1 aromatic heterocycles. The third-order valence-electron chi connectivity index (χ3n) is 5.98. The maximum absolute atomic E-state index is 13.2. The van der Waals surface area contributed by atoms with Crippen molar-refractivity contribution in [3.63, 3.8) is 0 Å². The monoisotopic (exact) mass is 406 g/mol. The van der Waals surface area contributed by atoms with Crippen molar-refractivity contribution in [3.8, 4) is 5.69 Å². The van der Waals surface area contributed by atoms with E-state index in [-0.39, 0.29) is 17.9 Å². The summed E-state index contributed by atoms with van der Waals surface area (Å²) in [4.78, 5) is 17.3. The van der Waals surface area contributed by atoms with E-state index >= 15 is 0 Å². The van der Waals surface area contributed by atoms with Gasteiger partial charge in [-0.15, -0.1) is 0 Å². The van der Waals surface area contributed by atoms with Gasteiger partial charge in [-0.2, -0.15) is 18.3 Å². The number of benzene rings is 1. The molecule has 1 amide bonds. The number of rotatable bonds is 4. The average molecular weight is 406 g/mol. The van der Waals surface area contributed by atoms with E-state index in [1.807, 2.05) is 7.05 Å². The predicted molar refractivity (Wildman–Crippen MR) is 103 cm³/mol. The first-order valence-corrected chi connectivity index (χ1v) is 9.97. The number of amides is 1. The highest BCUT2D eigenvalue weighted by Gasteiger charge is 2.36. The van der Waals surface area contributed by atoms with Crippen molar-refractivity contribution >= 4 is 5.91 Å². The number of nitrogens with zero attached hydrogens (tertiary/aromatic N) is 4. The molecule has 8 heteroatoms. The van der Waals surface area contributed by atoms with Crippen molar-refractivity contribution < 1.29 is 18.0 Å². The van der Waals surface area contributed by atoms with Gasteiger partial charge in [-0.1, -0.05) is 6.07 Å². The third kappa shape index (κ3) is 4.03. The molecule has 29 heavy (non-hydrogen) atoms. The molecule has 2 heterocycles. The van der Waals surface area contributed by atoms with Crippen LogP contribution in [-0.2, 0) is 6.18 Å². The van der Waals surface area contributed by atoms with Crippen LogP contribution in [0, 0.1) is 0 Å². The van der Waals surface area contributed by atoms with E-state index in [9.17, 15) is 18.0 Å². The molecule has 0 atom stereocenters. The molecule has 1 saturated carbocycles. The standard InChI is InChI=1S/C21H25F3N4O/c1-26-10-8-16(9-11-26)27(2)20(29)18-13-25-28(19(18)14-6-7-14)17-5-3-4-15(12-17)21(22,23)24/h3-5,12-14,16H,6-11H2,1-2H3. The molecule has 2 aliphatic rings. The fourth-order valence-corrected chi connectivity index (χ4v) is 4.03. The second-order valence-electron chi connectivity index (χ2n) is 8.13.